The van der Waals surface area contributed by atoms with E-state index in [0.29, 0.717) is 0 Å². The van der Waals surface area contributed by atoms with Crippen molar-refractivity contribution in [1.82, 2.24) is 4.98 Å². The third-order valence-electron chi connectivity index (χ3n) is 1.57. The molecular weight excluding hydrogens is 295 g/mol. The molecule has 1 rings (SSSR count). The molecule has 82 valence electrons. The van der Waals surface area contributed by atoms with Crippen molar-refractivity contribution in [3.63, 3.8) is 0 Å². The van der Waals surface area contributed by atoms with Gasteiger partial charge in [0, 0.05) is 0 Å². The Labute approximate surface area is 97.5 Å². The van der Waals surface area contributed by atoms with Gasteiger partial charge in [0.15, 0.2) is 0 Å². The number of esters is 1. The Morgan fingerprint density at radius 1 is 1.67 bits per heavy atom. The highest BCUT2D eigenvalue weighted by atomic mass is 79.9. The van der Waals surface area contributed by atoms with E-state index < -0.39 is 18.1 Å². The maximum Gasteiger partial charge on any atom is 0.339 e. The van der Waals surface area contributed by atoms with Gasteiger partial charge in [0.1, 0.15) is 10.3 Å². The highest BCUT2D eigenvalue weighted by Crippen LogP contribution is 2.28. The molecule has 0 unspecified atom stereocenters. The Hall–Kier alpha value is -0.750. The van der Waals surface area contributed by atoms with Crippen molar-refractivity contribution in [3.8, 4) is 0 Å². The Kier molecular flexibility index (Phi) is 3.98. The fraction of sp³-hybridized carbons (Fsp3) is 0.250. The third-order valence-corrected chi connectivity index (χ3v) is 2.70. The molecule has 0 fully saturated rings. The zero-order valence-electron chi connectivity index (χ0n) is 7.43. The van der Waals surface area contributed by atoms with Gasteiger partial charge >= 0.3 is 5.97 Å². The van der Waals surface area contributed by atoms with E-state index in [9.17, 15) is 13.6 Å². The second kappa shape index (κ2) is 4.85. The number of hydrogen-bond donors (Lipinski definition) is 0. The predicted octanol–water partition coefficient (Wildman–Crippen LogP) is 3.22. The van der Waals surface area contributed by atoms with Crippen LogP contribution in [-0.4, -0.2) is 18.1 Å². The van der Waals surface area contributed by atoms with Crippen LogP contribution in [0.4, 0.5) is 8.78 Å². The number of pyridine rings is 1. The van der Waals surface area contributed by atoms with Crippen LogP contribution < -0.4 is 0 Å². The first-order chi connectivity index (χ1) is 6.97. The molecule has 0 bridgehead atoms. The first kappa shape index (κ1) is 12.3. The number of carbonyl (C=O) groups is 1. The summed E-state index contributed by atoms with van der Waals surface area (Å²) in [6.45, 7) is 0. The highest BCUT2D eigenvalue weighted by Gasteiger charge is 2.22. The summed E-state index contributed by atoms with van der Waals surface area (Å²) in [4.78, 5) is 14.6. The van der Waals surface area contributed by atoms with Crippen LogP contribution in [0.3, 0.4) is 0 Å². The van der Waals surface area contributed by atoms with Gasteiger partial charge in [-0.15, -0.1) is 0 Å². The molecule has 0 spiro atoms. The van der Waals surface area contributed by atoms with Crippen LogP contribution in [0.2, 0.25) is 5.02 Å². The average molecular weight is 300 g/mol. The van der Waals surface area contributed by atoms with Crippen LogP contribution in [0.5, 0.6) is 0 Å². The molecule has 15 heavy (non-hydrogen) atoms. The van der Waals surface area contributed by atoms with Gasteiger partial charge in [0.2, 0.25) is 0 Å². The fourth-order valence-electron chi connectivity index (χ4n) is 0.919. The van der Waals surface area contributed by atoms with E-state index in [0.717, 1.165) is 13.2 Å². The van der Waals surface area contributed by atoms with Crippen molar-refractivity contribution >= 4 is 33.5 Å². The maximum atomic E-state index is 12.5. The van der Waals surface area contributed by atoms with Gasteiger partial charge in [-0.3, -0.25) is 0 Å². The molecule has 0 amide bonds. The molecule has 0 aliphatic heterocycles. The van der Waals surface area contributed by atoms with E-state index in [4.69, 9.17) is 11.6 Å². The molecule has 0 radical (unpaired) electrons. The molecule has 1 aromatic rings. The van der Waals surface area contributed by atoms with Crippen LogP contribution in [0, 0.1) is 0 Å². The fourth-order valence-corrected chi connectivity index (χ4v) is 1.38. The molecule has 1 aromatic heterocycles. The number of aromatic nitrogens is 1. The van der Waals surface area contributed by atoms with Gasteiger partial charge in [-0.2, -0.15) is 0 Å². The molecule has 0 aromatic carbocycles. The predicted molar refractivity (Wildman–Crippen MR) is 53.2 cm³/mol. The second-order valence-electron chi connectivity index (χ2n) is 2.49. The van der Waals surface area contributed by atoms with E-state index in [1.54, 1.807) is 0 Å². The summed E-state index contributed by atoms with van der Waals surface area (Å²) in [6, 6.07) is 1.09. The number of hydrogen-bond acceptors (Lipinski definition) is 3. The largest absolute Gasteiger partial charge is 0.465 e. The van der Waals surface area contributed by atoms with Crippen molar-refractivity contribution in [1.29, 1.82) is 0 Å². The smallest absolute Gasteiger partial charge is 0.339 e. The summed E-state index contributed by atoms with van der Waals surface area (Å²) in [6.07, 6.45) is -2.87. The number of rotatable bonds is 2. The van der Waals surface area contributed by atoms with Crippen LogP contribution in [0.1, 0.15) is 22.5 Å². The standard InChI is InChI=1S/C8H5BrClF2NO2/c1-15-8(14)3-2-4(10)6(9)13-5(3)7(11)12/h2,7H,1H3. The summed E-state index contributed by atoms with van der Waals surface area (Å²) in [7, 11) is 1.09. The van der Waals surface area contributed by atoms with Crippen LogP contribution in [0.25, 0.3) is 0 Å². The molecule has 0 aliphatic carbocycles. The molecule has 3 nitrogen and oxygen atoms in total. The van der Waals surface area contributed by atoms with E-state index >= 15 is 0 Å². The van der Waals surface area contributed by atoms with E-state index in [1.807, 2.05) is 0 Å². The number of alkyl halides is 2. The SMILES string of the molecule is COC(=O)c1cc(Cl)c(Br)nc1C(F)F. The van der Waals surface area contributed by atoms with Crippen molar-refractivity contribution in [2.24, 2.45) is 0 Å². The topological polar surface area (TPSA) is 39.2 Å². The number of halogens is 4. The zero-order chi connectivity index (χ0) is 11.6. The van der Waals surface area contributed by atoms with Crippen molar-refractivity contribution < 1.29 is 18.3 Å². The Morgan fingerprint density at radius 3 is 2.73 bits per heavy atom. The number of nitrogens with zero attached hydrogens (tertiary/aromatic N) is 1. The van der Waals surface area contributed by atoms with Crippen LogP contribution in [0.15, 0.2) is 10.7 Å². The van der Waals surface area contributed by atoms with Gasteiger partial charge in [-0.25, -0.2) is 18.6 Å². The van der Waals surface area contributed by atoms with Gasteiger partial charge in [-0.1, -0.05) is 11.6 Å². The lowest BCUT2D eigenvalue weighted by Gasteiger charge is -2.07. The molecular formula is C8H5BrClF2NO2. The first-order valence-electron chi connectivity index (χ1n) is 3.69. The van der Waals surface area contributed by atoms with Gasteiger partial charge in [0.05, 0.1) is 17.7 Å². The first-order valence-corrected chi connectivity index (χ1v) is 4.87. The van der Waals surface area contributed by atoms with Crippen LogP contribution >= 0.6 is 27.5 Å². The van der Waals surface area contributed by atoms with Crippen molar-refractivity contribution in [2.45, 2.75) is 6.43 Å². The normalized spacial score (nSPS) is 10.5. The zero-order valence-corrected chi connectivity index (χ0v) is 9.77. The number of ether oxygens (including phenoxy) is 1. The number of methoxy groups -OCH3 is 1. The highest BCUT2D eigenvalue weighted by molar-refractivity contribution is 9.10. The molecule has 0 N–H and O–H groups in total. The summed E-state index contributed by atoms with van der Waals surface area (Å²) < 4.78 is 29.4. The Bertz CT molecular complexity index is 400. The maximum absolute atomic E-state index is 12.5. The molecule has 7 heteroatoms. The van der Waals surface area contributed by atoms with E-state index in [2.05, 4.69) is 25.7 Å². The molecule has 0 saturated heterocycles. The minimum absolute atomic E-state index is 0.0621. The summed E-state index contributed by atoms with van der Waals surface area (Å²) in [5, 5.41) is 0.0693. The molecule has 0 atom stereocenters. The van der Waals surface area contributed by atoms with E-state index in [-0.39, 0.29) is 15.2 Å². The molecule has 0 aliphatic rings. The second-order valence-corrected chi connectivity index (χ2v) is 3.64. The summed E-state index contributed by atoms with van der Waals surface area (Å²) in [5.74, 6) is -0.896. The lowest BCUT2D eigenvalue weighted by atomic mass is 10.2. The van der Waals surface area contributed by atoms with Crippen molar-refractivity contribution in [3.05, 3.63) is 26.9 Å². The van der Waals surface area contributed by atoms with Crippen LogP contribution in [-0.2, 0) is 4.74 Å². The van der Waals surface area contributed by atoms with Gasteiger partial charge in [0.25, 0.3) is 6.43 Å². The monoisotopic (exact) mass is 299 g/mol. The quantitative estimate of drug-likeness (QED) is 0.622. The minimum atomic E-state index is -2.87. The number of carbonyl (C=O) groups excluding carboxylic acids is 1. The summed E-state index contributed by atoms with van der Waals surface area (Å²) in [5.41, 5.74) is -0.987. The molecule has 0 saturated carbocycles. The lowest BCUT2D eigenvalue weighted by molar-refractivity contribution is 0.0587. The van der Waals surface area contributed by atoms with E-state index in [1.165, 1.54) is 0 Å². The Morgan fingerprint density at radius 2 is 2.27 bits per heavy atom. The van der Waals surface area contributed by atoms with Crippen molar-refractivity contribution in [2.75, 3.05) is 7.11 Å². The average Bonchev–Trinajstić information content (AvgIpc) is 2.20. The lowest BCUT2D eigenvalue weighted by Crippen LogP contribution is -2.08. The molecule has 1 heterocycles. The third kappa shape index (κ3) is 2.63. The summed E-state index contributed by atoms with van der Waals surface area (Å²) >= 11 is 8.52. The van der Waals surface area contributed by atoms with Gasteiger partial charge in [-0.05, 0) is 22.0 Å². The minimum Gasteiger partial charge on any atom is -0.465 e. The Balaban J connectivity index is 3.34. The van der Waals surface area contributed by atoms with Gasteiger partial charge < -0.3 is 4.74 Å².